The first-order valence-electron chi connectivity index (χ1n) is 4.96. The number of hydrogen-bond donors (Lipinski definition) is 2. The summed E-state index contributed by atoms with van der Waals surface area (Å²) < 4.78 is 26.1. The van der Waals surface area contributed by atoms with Gasteiger partial charge in [-0.05, 0) is 30.5 Å². The highest BCUT2D eigenvalue weighted by Gasteiger charge is 2.46. The van der Waals surface area contributed by atoms with Gasteiger partial charge < -0.3 is 10.8 Å². The molecule has 2 rings (SSSR count). The highest BCUT2D eigenvalue weighted by Crippen LogP contribution is 2.44. The third kappa shape index (κ3) is 1.35. The molecule has 0 bridgehead atoms. The van der Waals surface area contributed by atoms with E-state index in [9.17, 15) is 13.6 Å². The van der Waals surface area contributed by atoms with Crippen molar-refractivity contribution in [3.63, 3.8) is 0 Å². The zero-order valence-electron chi connectivity index (χ0n) is 8.46. The van der Waals surface area contributed by atoms with Crippen LogP contribution in [-0.4, -0.2) is 11.1 Å². The summed E-state index contributed by atoms with van der Waals surface area (Å²) >= 11 is 0. The summed E-state index contributed by atoms with van der Waals surface area (Å²) in [7, 11) is 0. The standard InChI is InChI=1S/C11H11F2NO2/c12-7-4-6(5-8(14)9(7)13)11(10(15)16)2-1-3-11/h4-5H,1-3,14H2,(H,15,16). The summed E-state index contributed by atoms with van der Waals surface area (Å²) in [5, 5.41) is 9.13. The van der Waals surface area contributed by atoms with Crippen LogP contribution in [0.1, 0.15) is 24.8 Å². The van der Waals surface area contributed by atoms with Gasteiger partial charge in [-0.3, -0.25) is 4.79 Å². The first-order valence-corrected chi connectivity index (χ1v) is 4.96. The minimum atomic E-state index is -1.12. The molecule has 0 unspecified atom stereocenters. The molecule has 86 valence electrons. The van der Waals surface area contributed by atoms with E-state index in [1.807, 2.05) is 0 Å². The van der Waals surface area contributed by atoms with Crippen LogP contribution in [0.15, 0.2) is 12.1 Å². The second-order valence-electron chi connectivity index (χ2n) is 4.10. The van der Waals surface area contributed by atoms with Crippen molar-refractivity contribution in [2.45, 2.75) is 24.7 Å². The molecule has 0 aromatic heterocycles. The van der Waals surface area contributed by atoms with Crippen LogP contribution in [0.25, 0.3) is 0 Å². The van der Waals surface area contributed by atoms with Gasteiger partial charge in [0.05, 0.1) is 11.1 Å². The number of nitrogens with two attached hydrogens (primary N) is 1. The number of aliphatic carboxylic acids is 1. The van der Waals surface area contributed by atoms with Gasteiger partial charge in [0.15, 0.2) is 11.6 Å². The SMILES string of the molecule is Nc1cc(C2(C(=O)O)CCC2)cc(F)c1F. The van der Waals surface area contributed by atoms with E-state index in [2.05, 4.69) is 0 Å². The van der Waals surface area contributed by atoms with Crippen molar-refractivity contribution in [1.82, 2.24) is 0 Å². The molecule has 1 aromatic carbocycles. The van der Waals surface area contributed by atoms with Crippen LogP contribution in [0, 0.1) is 11.6 Å². The molecule has 1 aliphatic rings. The monoisotopic (exact) mass is 227 g/mol. The number of rotatable bonds is 2. The van der Waals surface area contributed by atoms with Crippen molar-refractivity contribution in [3.05, 3.63) is 29.3 Å². The van der Waals surface area contributed by atoms with Crippen LogP contribution < -0.4 is 5.73 Å². The molecule has 1 aromatic rings. The summed E-state index contributed by atoms with van der Waals surface area (Å²) in [6, 6.07) is 2.14. The van der Waals surface area contributed by atoms with Crippen molar-refractivity contribution < 1.29 is 18.7 Å². The Kier molecular flexibility index (Phi) is 2.33. The van der Waals surface area contributed by atoms with Crippen molar-refractivity contribution >= 4 is 11.7 Å². The molecule has 0 saturated heterocycles. The first kappa shape index (κ1) is 10.9. The lowest BCUT2D eigenvalue weighted by molar-refractivity contribution is -0.147. The average Bonchev–Trinajstić information content (AvgIpc) is 2.11. The molecule has 0 atom stereocenters. The number of anilines is 1. The topological polar surface area (TPSA) is 63.3 Å². The molecule has 0 aliphatic heterocycles. The second kappa shape index (κ2) is 3.43. The van der Waals surface area contributed by atoms with E-state index in [4.69, 9.17) is 10.8 Å². The van der Waals surface area contributed by atoms with Crippen LogP contribution in [-0.2, 0) is 10.2 Å². The van der Waals surface area contributed by atoms with Crippen molar-refractivity contribution in [2.24, 2.45) is 0 Å². The van der Waals surface area contributed by atoms with Gasteiger partial charge in [-0.1, -0.05) is 6.42 Å². The fourth-order valence-electron chi connectivity index (χ4n) is 2.04. The van der Waals surface area contributed by atoms with E-state index >= 15 is 0 Å². The Morgan fingerprint density at radius 3 is 2.38 bits per heavy atom. The minimum absolute atomic E-state index is 0.252. The summed E-state index contributed by atoms with van der Waals surface area (Å²) in [5.74, 6) is -3.23. The smallest absolute Gasteiger partial charge is 0.314 e. The first-order chi connectivity index (χ1) is 7.47. The molecule has 5 heteroatoms. The molecule has 0 spiro atoms. The Morgan fingerprint density at radius 2 is 2.00 bits per heavy atom. The van der Waals surface area contributed by atoms with Gasteiger partial charge in [-0.15, -0.1) is 0 Å². The van der Waals surface area contributed by atoms with E-state index in [-0.39, 0.29) is 11.3 Å². The lowest BCUT2D eigenvalue weighted by Crippen LogP contribution is -2.42. The summed E-state index contributed by atoms with van der Waals surface area (Å²) in [6.07, 6.45) is 1.64. The number of benzene rings is 1. The van der Waals surface area contributed by atoms with Crippen LogP contribution >= 0.6 is 0 Å². The van der Waals surface area contributed by atoms with Crippen LogP contribution in [0.2, 0.25) is 0 Å². The highest BCUT2D eigenvalue weighted by molar-refractivity contribution is 5.83. The predicted octanol–water partition coefficient (Wildman–Crippen LogP) is 2.05. The van der Waals surface area contributed by atoms with Crippen molar-refractivity contribution in [2.75, 3.05) is 5.73 Å². The maximum absolute atomic E-state index is 13.1. The molecule has 0 amide bonds. The van der Waals surface area contributed by atoms with E-state index in [0.29, 0.717) is 12.8 Å². The fraction of sp³-hybridized carbons (Fsp3) is 0.364. The molecule has 16 heavy (non-hydrogen) atoms. The molecular formula is C11H11F2NO2. The van der Waals surface area contributed by atoms with Gasteiger partial charge in [-0.25, -0.2) is 8.78 Å². The zero-order valence-corrected chi connectivity index (χ0v) is 8.46. The molecule has 0 radical (unpaired) electrons. The molecule has 3 nitrogen and oxygen atoms in total. The molecule has 3 N–H and O–H groups in total. The summed E-state index contributed by atoms with van der Waals surface area (Å²) in [4.78, 5) is 11.2. The van der Waals surface area contributed by atoms with Gasteiger partial charge in [0.25, 0.3) is 0 Å². The number of hydrogen-bond acceptors (Lipinski definition) is 2. The maximum atomic E-state index is 13.1. The van der Waals surface area contributed by atoms with E-state index in [1.165, 1.54) is 6.07 Å². The van der Waals surface area contributed by atoms with Gasteiger partial charge in [0.1, 0.15) is 0 Å². The summed E-state index contributed by atoms with van der Waals surface area (Å²) in [5.41, 5.74) is 4.12. The van der Waals surface area contributed by atoms with E-state index < -0.39 is 23.0 Å². The van der Waals surface area contributed by atoms with Crippen molar-refractivity contribution in [1.29, 1.82) is 0 Å². The summed E-state index contributed by atoms with van der Waals surface area (Å²) in [6.45, 7) is 0. The molecule has 0 heterocycles. The Morgan fingerprint density at radius 1 is 1.38 bits per heavy atom. The molecule has 1 fully saturated rings. The third-order valence-electron chi connectivity index (χ3n) is 3.23. The fourth-order valence-corrected chi connectivity index (χ4v) is 2.04. The van der Waals surface area contributed by atoms with Crippen LogP contribution in [0.3, 0.4) is 0 Å². The maximum Gasteiger partial charge on any atom is 0.314 e. The Hall–Kier alpha value is -1.65. The van der Waals surface area contributed by atoms with E-state index in [1.54, 1.807) is 0 Å². The van der Waals surface area contributed by atoms with Crippen molar-refractivity contribution in [3.8, 4) is 0 Å². The van der Waals surface area contributed by atoms with E-state index in [0.717, 1.165) is 12.5 Å². The average molecular weight is 227 g/mol. The second-order valence-corrected chi connectivity index (χ2v) is 4.10. The zero-order chi connectivity index (χ0) is 11.9. The number of carboxylic acids is 1. The Balaban J connectivity index is 2.52. The lowest BCUT2D eigenvalue weighted by Gasteiger charge is -2.38. The van der Waals surface area contributed by atoms with Gasteiger partial charge >= 0.3 is 5.97 Å². The Bertz CT molecular complexity index is 432. The quantitative estimate of drug-likeness (QED) is 0.760. The molecular weight excluding hydrogens is 216 g/mol. The van der Waals surface area contributed by atoms with Crippen LogP contribution in [0.4, 0.5) is 14.5 Å². The van der Waals surface area contributed by atoms with Gasteiger partial charge in [0.2, 0.25) is 0 Å². The highest BCUT2D eigenvalue weighted by atomic mass is 19.2. The predicted molar refractivity (Wildman–Crippen MR) is 53.9 cm³/mol. The Labute approximate surface area is 90.9 Å². The largest absolute Gasteiger partial charge is 0.481 e. The van der Waals surface area contributed by atoms with Gasteiger partial charge in [0, 0.05) is 0 Å². The minimum Gasteiger partial charge on any atom is -0.481 e. The third-order valence-corrected chi connectivity index (χ3v) is 3.23. The van der Waals surface area contributed by atoms with Gasteiger partial charge in [-0.2, -0.15) is 0 Å². The number of nitrogen functional groups attached to an aromatic ring is 1. The number of carboxylic acid groups (broad SMARTS) is 1. The van der Waals surface area contributed by atoms with Crippen LogP contribution in [0.5, 0.6) is 0 Å². The number of halogens is 2. The normalized spacial score (nSPS) is 17.9. The molecule has 1 aliphatic carbocycles. The molecule has 1 saturated carbocycles. The number of carbonyl (C=O) groups is 1. The lowest BCUT2D eigenvalue weighted by atomic mass is 9.64.